The van der Waals surface area contributed by atoms with Crippen LogP contribution in [-0.4, -0.2) is 33.3 Å². The van der Waals surface area contributed by atoms with Crippen molar-refractivity contribution >= 4 is 29.9 Å². The third-order valence-corrected chi connectivity index (χ3v) is 4.08. The Morgan fingerprint density at radius 3 is 2.62 bits per heavy atom. The Labute approximate surface area is 160 Å². The quantitative estimate of drug-likeness (QED) is 0.427. The van der Waals surface area contributed by atoms with Crippen molar-refractivity contribution in [3.8, 4) is 5.69 Å². The number of nitrogens with one attached hydrogen (secondary N) is 2. The van der Waals surface area contributed by atoms with Crippen molar-refractivity contribution in [3.63, 3.8) is 0 Å². The number of guanidine groups is 1. The monoisotopic (exact) mass is 440 g/mol. The smallest absolute Gasteiger partial charge is 0.191 e. The van der Waals surface area contributed by atoms with Crippen molar-refractivity contribution in [3.05, 3.63) is 42.5 Å². The van der Waals surface area contributed by atoms with Gasteiger partial charge in [-0.05, 0) is 37.5 Å². The molecule has 1 aromatic heterocycles. The number of halogens is 1. The topological polar surface area (TPSA) is 67.1 Å². The molecule has 0 saturated heterocycles. The van der Waals surface area contributed by atoms with Crippen molar-refractivity contribution < 1.29 is 0 Å². The van der Waals surface area contributed by atoms with Crippen LogP contribution in [0.15, 0.2) is 41.9 Å². The maximum atomic E-state index is 4.70. The van der Waals surface area contributed by atoms with Gasteiger partial charge in [0.15, 0.2) is 5.96 Å². The van der Waals surface area contributed by atoms with Crippen LogP contribution in [0.4, 0.5) is 0 Å². The highest BCUT2D eigenvalue weighted by molar-refractivity contribution is 14.0. The first-order chi connectivity index (χ1) is 11.3. The minimum Gasteiger partial charge on any atom is -0.357 e. The standard InChI is InChI=1S/C17H24N6.HI/c1-2-19-17(22-15-5-3-4-6-15)20-11-14-7-9-16(10-8-14)23-13-18-12-21-23;/h7-10,12-13,15H,2-6,11H2,1H3,(H2,19,20,22);1H. The summed E-state index contributed by atoms with van der Waals surface area (Å²) in [5.41, 5.74) is 2.18. The predicted molar refractivity (Wildman–Crippen MR) is 107 cm³/mol. The van der Waals surface area contributed by atoms with Crippen LogP contribution < -0.4 is 10.6 Å². The number of hydrogen-bond acceptors (Lipinski definition) is 3. The number of nitrogens with zero attached hydrogens (tertiary/aromatic N) is 4. The Hall–Kier alpha value is -1.64. The summed E-state index contributed by atoms with van der Waals surface area (Å²) in [7, 11) is 0. The molecule has 130 valence electrons. The first kappa shape index (κ1) is 18.7. The fourth-order valence-electron chi connectivity index (χ4n) is 2.85. The van der Waals surface area contributed by atoms with Gasteiger partial charge in [-0.3, -0.25) is 0 Å². The van der Waals surface area contributed by atoms with Crippen LogP contribution >= 0.6 is 24.0 Å². The lowest BCUT2D eigenvalue weighted by molar-refractivity contribution is 0.614. The van der Waals surface area contributed by atoms with Gasteiger partial charge in [-0.15, -0.1) is 24.0 Å². The highest BCUT2D eigenvalue weighted by atomic mass is 127. The fourth-order valence-corrected chi connectivity index (χ4v) is 2.85. The highest BCUT2D eigenvalue weighted by Gasteiger charge is 2.15. The molecule has 0 aliphatic heterocycles. The van der Waals surface area contributed by atoms with E-state index < -0.39 is 0 Å². The van der Waals surface area contributed by atoms with Gasteiger partial charge >= 0.3 is 0 Å². The van der Waals surface area contributed by atoms with E-state index in [-0.39, 0.29) is 24.0 Å². The molecular formula is C17H25IN6. The Bertz CT molecular complexity index is 617. The molecule has 1 fully saturated rings. The minimum absolute atomic E-state index is 0. The highest BCUT2D eigenvalue weighted by Crippen LogP contribution is 2.17. The molecule has 1 aromatic carbocycles. The lowest BCUT2D eigenvalue weighted by Gasteiger charge is -2.16. The van der Waals surface area contributed by atoms with E-state index in [1.54, 1.807) is 11.0 Å². The first-order valence-corrected chi connectivity index (χ1v) is 8.34. The average Bonchev–Trinajstić information content (AvgIpc) is 3.27. The van der Waals surface area contributed by atoms with Crippen molar-refractivity contribution in [2.24, 2.45) is 4.99 Å². The van der Waals surface area contributed by atoms with E-state index in [9.17, 15) is 0 Å². The van der Waals surface area contributed by atoms with Gasteiger partial charge in [-0.1, -0.05) is 25.0 Å². The van der Waals surface area contributed by atoms with E-state index in [1.165, 1.54) is 37.6 Å². The molecule has 0 bridgehead atoms. The van der Waals surface area contributed by atoms with Crippen LogP contribution in [0.3, 0.4) is 0 Å². The molecule has 0 amide bonds. The van der Waals surface area contributed by atoms with Gasteiger partial charge in [-0.2, -0.15) is 5.10 Å². The zero-order valence-electron chi connectivity index (χ0n) is 14.0. The van der Waals surface area contributed by atoms with E-state index in [0.29, 0.717) is 12.6 Å². The molecule has 2 N–H and O–H groups in total. The van der Waals surface area contributed by atoms with Crippen molar-refractivity contribution in [1.29, 1.82) is 0 Å². The summed E-state index contributed by atoms with van der Waals surface area (Å²) in [6.07, 6.45) is 8.37. The maximum Gasteiger partial charge on any atom is 0.191 e. The second-order valence-electron chi connectivity index (χ2n) is 5.83. The van der Waals surface area contributed by atoms with E-state index in [4.69, 9.17) is 4.99 Å². The van der Waals surface area contributed by atoms with Crippen LogP contribution in [0.2, 0.25) is 0 Å². The molecule has 1 saturated carbocycles. The van der Waals surface area contributed by atoms with Gasteiger partial charge < -0.3 is 10.6 Å². The van der Waals surface area contributed by atoms with Gasteiger partial charge in [-0.25, -0.2) is 14.7 Å². The molecule has 24 heavy (non-hydrogen) atoms. The fraction of sp³-hybridized carbons (Fsp3) is 0.471. The average molecular weight is 440 g/mol. The molecule has 1 aliphatic carbocycles. The van der Waals surface area contributed by atoms with Gasteiger partial charge in [0.05, 0.1) is 12.2 Å². The van der Waals surface area contributed by atoms with Gasteiger partial charge in [0.25, 0.3) is 0 Å². The number of hydrogen-bond donors (Lipinski definition) is 2. The second-order valence-corrected chi connectivity index (χ2v) is 5.83. The summed E-state index contributed by atoms with van der Waals surface area (Å²) in [6.45, 7) is 3.64. The van der Waals surface area contributed by atoms with Crippen LogP contribution in [0.25, 0.3) is 5.69 Å². The minimum atomic E-state index is 0. The molecule has 3 rings (SSSR count). The predicted octanol–water partition coefficient (Wildman–Crippen LogP) is 2.88. The molecule has 0 atom stereocenters. The summed E-state index contributed by atoms with van der Waals surface area (Å²) >= 11 is 0. The summed E-state index contributed by atoms with van der Waals surface area (Å²) in [4.78, 5) is 8.66. The van der Waals surface area contributed by atoms with Crippen LogP contribution in [0.5, 0.6) is 0 Å². The zero-order chi connectivity index (χ0) is 15.9. The van der Waals surface area contributed by atoms with E-state index in [1.807, 2.05) is 12.1 Å². The lowest BCUT2D eigenvalue weighted by Crippen LogP contribution is -2.42. The SMILES string of the molecule is CCNC(=NCc1ccc(-n2cncn2)cc1)NC1CCCC1.I. The summed E-state index contributed by atoms with van der Waals surface area (Å²) < 4.78 is 1.75. The first-order valence-electron chi connectivity index (χ1n) is 8.34. The summed E-state index contributed by atoms with van der Waals surface area (Å²) in [5.74, 6) is 0.916. The van der Waals surface area contributed by atoms with Gasteiger partial charge in [0.2, 0.25) is 0 Å². The Morgan fingerprint density at radius 1 is 1.25 bits per heavy atom. The Morgan fingerprint density at radius 2 is 2.00 bits per heavy atom. The normalized spacial score (nSPS) is 15.1. The Balaban J connectivity index is 0.00000208. The largest absolute Gasteiger partial charge is 0.357 e. The van der Waals surface area contributed by atoms with Crippen LogP contribution in [-0.2, 0) is 6.54 Å². The molecule has 1 heterocycles. The summed E-state index contributed by atoms with van der Waals surface area (Å²) in [6, 6.07) is 8.81. The molecule has 1 aliphatic rings. The number of aliphatic imine (C=N–C) groups is 1. The molecule has 2 aromatic rings. The third-order valence-electron chi connectivity index (χ3n) is 4.08. The summed E-state index contributed by atoms with van der Waals surface area (Å²) in [5, 5.41) is 11.0. The zero-order valence-corrected chi connectivity index (χ0v) is 16.3. The third kappa shape index (κ3) is 5.19. The lowest BCUT2D eigenvalue weighted by atomic mass is 10.2. The van der Waals surface area contributed by atoms with Crippen LogP contribution in [0.1, 0.15) is 38.2 Å². The maximum absolute atomic E-state index is 4.70. The number of rotatable bonds is 5. The van der Waals surface area contributed by atoms with Gasteiger partial charge in [0.1, 0.15) is 12.7 Å². The molecule has 0 spiro atoms. The van der Waals surface area contributed by atoms with Crippen LogP contribution in [0, 0.1) is 0 Å². The van der Waals surface area contributed by atoms with E-state index >= 15 is 0 Å². The molecule has 0 radical (unpaired) electrons. The van der Waals surface area contributed by atoms with Crippen molar-refractivity contribution in [2.75, 3.05) is 6.54 Å². The second kappa shape index (κ2) is 9.61. The van der Waals surface area contributed by atoms with Gasteiger partial charge in [0, 0.05) is 12.6 Å². The molecular weight excluding hydrogens is 415 g/mol. The molecule has 6 nitrogen and oxygen atoms in total. The number of aromatic nitrogens is 3. The number of benzene rings is 1. The van der Waals surface area contributed by atoms with E-state index in [2.05, 4.69) is 39.8 Å². The molecule has 0 unspecified atom stereocenters. The van der Waals surface area contributed by atoms with E-state index in [0.717, 1.165) is 18.2 Å². The van der Waals surface area contributed by atoms with Crippen molar-refractivity contribution in [1.82, 2.24) is 25.4 Å². The molecule has 7 heteroatoms. The van der Waals surface area contributed by atoms with Crippen molar-refractivity contribution in [2.45, 2.75) is 45.2 Å². The Kier molecular flexibility index (Phi) is 7.48.